The summed E-state index contributed by atoms with van der Waals surface area (Å²) in [6.45, 7) is -2.18. The number of benzene rings is 2. The first-order valence-corrected chi connectivity index (χ1v) is 9.42. The molecule has 0 aliphatic carbocycles. The van der Waals surface area contributed by atoms with Crippen molar-refractivity contribution in [1.29, 1.82) is 5.26 Å². The van der Waals surface area contributed by atoms with E-state index in [9.17, 15) is 22.8 Å². The van der Waals surface area contributed by atoms with E-state index in [0.29, 0.717) is 31.5 Å². The smallest absolute Gasteiger partial charge is 0.387 e. The van der Waals surface area contributed by atoms with E-state index in [-0.39, 0.29) is 40.9 Å². The number of halogens is 3. The molecule has 156 valence electrons. The number of alkyl halides is 2. The average Bonchev–Trinajstić information content (AvgIpc) is 2.74. The molecular weight excluding hydrogens is 397 g/mol. The molecule has 5 nitrogen and oxygen atoms in total. The minimum absolute atomic E-state index is 0.0162. The van der Waals surface area contributed by atoms with Gasteiger partial charge in [-0.1, -0.05) is 12.1 Å². The van der Waals surface area contributed by atoms with Crippen LogP contribution >= 0.6 is 0 Å². The van der Waals surface area contributed by atoms with Crippen LogP contribution in [0.25, 0.3) is 0 Å². The van der Waals surface area contributed by atoms with Crippen LogP contribution in [0.4, 0.5) is 13.2 Å². The second kappa shape index (κ2) is 9.44. The third-order valence-electron chi connectivity index (χ3n) is 5.10. The van der Waals surface area contributed by atoms with Crippen LogP contribution in [0.15, 0.2) is 42.5 Å². The molecule has 1 fully saturated rings. The summed E-state index contributed by atoms with van der Waals surface area (Å²) in [6.07, 6.45) is 1.14. The largest absolute Gasteiger partial charge is 0.435 e. The molecule has 0 N–H and O–H groups in total. The molecule has 2 aromatic carbocycles. The van der Waals surface area contributed by atoms with Gasteiger partial charge in [0.25, 0.3) is 5.91 Å². The number of carbonyl (C=O) groups is 2. The lowest BCUT2D eigenvalue weighted by Gasteiger charge is -2.31. The minimum Gasteiger partial charge on any atom is -0.435 e. The Bertz CT molecular complexity index is 963. The number of likely N-dealkylation sites (tertiary alicyclic amines) is 1. The van der Waals surface area contributed by atoms with Gasteiger partial charge in [0.2, 0.25) is 0 Å². The monoisotopic (exact) mass is 416 g/mol. The molecule has 2 aromatic rings. The lowest BCUT2D eigenvalue weighted by Crippen LogP contribution is -2.40. The highest BCUT2D eigenvalue weighted by Gasteiger charge is 2.28. The summed E-state index contributed by atoms with van der Waals surface area (Å²) in [5, 5.41) is 9.13. The van der Waals surface area contributed by atoms with Crippen LogP contribution in [-0.2, 0) is 11.2 Å². The van der Waals surface area contributed by atoms with Gasteiger partial charge >= 0.3 is 6.61 Å². The van der Waals surface area contributed by atoms with Crippen molar-refractivity contribution in [2.75, 3.05) is 13.1 Å². The van der Waals surface area contributed by atoms with Gasteiger partial charge in [-0.3, -0.25) is 9.59 Å². The van der Waals surface area contributed by atoms with Gasteiger partial charge in [-0.15, -0.1) is 0 Å². The highest BCUT2D eigenvalue weighted by atomic mass is 19.3. The number of nitriles is 1. The fourth-order valence-electron chi connectivity index (χ4n) is 3.50. The molecule has 0 unspecified atom stereocenters. The Morgan fingerprint density at radius 1 is 1.13 bits per heavy atom. The number of ether oxygens (including phenoxy) is 1. The summed E-state index contributed by atoms with van der Waals surface area (Å²) in [5.74, 6) is -1.10. The van der Waals surface area contributed by atoms with E-state index >= 15 is 0 Å². The van der Waals surface area contributed by atoms with Crippen molar-refractivity contribution < 1.29 is 27.5 Å². The Hall–Kier alpha value is -3.34. The highest BCUT2D eigenvalue weighted by molar-refractivity contribution is 5.96. The van der Waals surface area contributed by atoms with Crippen LogP contribution in [-0.4, -0.2) is 36.3 Å². The minimum atomic E-state index is -2.90. The van der Waals surface area contributed by atoms with Crippen LogP contribution < -0.4 is 4.74 Å². The average molecular weight is 416 g/mol. The lowest BCUT2D eigenvalue weighted by molar-refractivity contribution is -0.123. The van der Waals surface area contributed by atoms with Crippen molar-refractivity contribution in [1.82, 2.24) is 4.90 Å². The maximum Gasteiger partial charge on any atom is 0.387 e. The standard InChI is InChI=1S/C22H19F3N2O3/c23-17-3-6-19(16(12-17)13-26)21(29)27-9-7-15(8-10-27)20(28)11-14-1-4-18(5-2-14)30-22(24)25/h1-6,12,15,22H,7-11H2. The molecule has 0 aromatic heterocycles. The lowest BCUT2D eigenvalue weighted by atomic mass is 9.89. The number of hydrogen-bond donors (Lipinski definition) is 0. The molecular formula is C22H19F3N2O3. The van der Waals surface area contributed by atoms with Crippen LogP contribution in [0.3, 0.4) is 0 Å². The SMILES string of the molecule is N#Cc1cc(F)ccc1C(=O)N1CCC(C(=O)Cc2ccc(OC(F)F)cc2)CC1. The maximum atomic E-state index is 13.3. The molecule has 1 saturated heterocycles. The van der Waals surface area contributed by atoms with Gasteiger partial charge in [0, 0.05) is 25.4 Å². The number of nitrogens with zero attached hydrogens (tertiary/aromatic N) is 2. The third-order valence-corrected chi connectivity index (χ3v) is 5.10. The molecule has 0 bridgehead atoms. The fraction of sp³-hybridized carbons (Fsp3) is 0.318. The first-order chi connectivity index (χ1) is 14.4. The number of ketones is 1. The zero-order valence-corrected chi connectivity index (χ0v) is 16.0. The molecule has 1 aliphatic rings. The number of Topliss-reactive ketones (excluding diaryl/α,β-unsaturated/α-hetero) is 1. The molecule has 30 heavy (non-hydrogen) atoms. The van der Waals surface area contributed by atoms with E-state index in [0.717, 1.165) is 12.1 Å². The highest BCUT2D eigenvalue weighted by Crippen LogP contribution is 2.23. The first kappa shape index (κ1) is 21.4. The molecule has 0 atom stereocenters. The van der Waals surface area contributed by atoms with Gasteiger partial charge in [0.05, 0.1) is 11.1 Å². The zero-order valence-electron chi connectivity index (χ0n) is 16.0. The van der Waals surface area contributed by atoms with Gasteiger partial charge in [-0.25, -0.2) is 4.39 Å². The molecule has 1 heterocycles. The van der Waals surface area contributed by atoms with E-state index in [4.69, 9.17) is 5.26 Å². The Morgan fingerprint density at radius 3 is 2.40 bits per heavy atom. The van der Waals surface area contributed by atoms with Gasteiger partial charge < -0.3 is 9.64 Å². The number of carbonyl (C=O) groups excluding carboxylic acids is 2. The number of piperidine rings is 1. The number of rotatable bonds is 6. The maximum absolute atomic E-state index is 13.3. The quantitative estimate of drug-likeness (QED) is 0.715. The number of hydrogen-bond acceptors (Lipinski definition) is 4. The van der Waals surface area contributed by atoms with Crippen molar-refractivity contribution in [3.63, 3.8) is 0 Å². The summed E-state index contributed by atoms with van der Waals surface area (Å²) in [4.78, 5) is 26.8. The van der Waals surface area contributed by atoms with Gasteiger partial charge in [-0.05, 0) is 48.7 Å². The van der Waals surface area contributed by atoms with E-state index in [1.165, 1.54) is 18.2 Å². The summed E-state index contributed by atoms with van der Waals surface area (Å²) in [6, 6.07) is 11.2. The Labute approximate surface area is 171 Å². The van der Waals surface area contributed by atoms with E-state index in [1.54, 1.807) is 17.0 Å². The van der Waals surface area contributed by atoms with E-state index in [1.807, 2.05) is 6.07 Å². The number of amides is 1. The first-order valence-electron chi connectivity index (χ1n) is 9.42. The fourth-order valence-corrected chi connectivity index (χ4v) is 3.50. The molecule has 0 saturated carbocycles. The van der Waals surface area contributed by atoms with Crippen molar-refractivity contribution in [3.8, 4) is 11.8 Å². The van der Waals surface area contributed by atoms with Gasteiger partial charge in [0.1, 0.15) is 23.4 Å². The summed E-state index contributed by atoms with van der Waals surface area (Å²) >= 11 is 0. The van der Waals surface area contributed by atoms with Crippen LogP contribution in [0.2, 0.25) is 0 Å². The van der Waals surface area contributed by atoms with Gasteiger partial charge in [-0.2, -0.15) is 14.0 Å². The third kappa shape index (κ3) is 5.17. The molecule has 8 heteroatoms. The van der Waals surface area contributed by atoms with Crippen LogP contribution in [0, 0.1) is 23.1 Å². The second-order valence-electron chi connectivity index (χ2n) is 7.03. The van der Waals surface area contributed by atoms with Crippen LogP contribution in [0.5, 0.6) is 5.75 Å². The molecule has 3 rings (SSSR count). The van der Waals surface area contributed by atoms with Crippen LogP contribution in [0.1, 0.15) is 34.3 Å². The summed E-state index contributed by atoms with van der Waals surface area (Å²) in [5.41, 5.74) is 0.831. The van der Waals surface area contributed by atoms with E-state index < -0.39 is 12.4 Å². The Morgan fingerprint density at radius 2 is 1.80 bits per heavy atom. The van der Waals surface area contributed by atoms with Crippen molar-refractivity contribution in [2.45, 2.75) is 25.9 Å². The molecule has 1 amide bonds. The molecule has 0 radical (unpaired) electrons. The van der Waals surface area contributed by atoms with Gasteiger partial charge in [0.15, 0.2) is 0 Å². The van der Waals surface area contributed by atoms with Crippen molar-refractivity contribution >= 4 is 11.7 Å². The Balaban J connectivity index is 1.55. The summed E-state index contributed by atoms with van der Waals surface area (Å²) in [7, 11) is 0. The van der Waals surface area contributed by atoms with E-state index in [2.05, 4.69) is 4.74 Å². The summed E-state index contributed by atoms with van der Waals surface area (Å²) < 4.78 is 42.0. The predicted molar refractivity (Wildman–Crippen MR) is 102 cm³/mol. The molecule has 1 aliphatic heterocycles. The second-order valence-corrected chi connectivity index (χ2v) is 7.03. The normalized spacial score (nSPS) is 14.4. The predicted octanol–water partition coefficient (Wildman–Crippen LogP) is 3.96. The topological polar surface area (TPSA) is 70.4 Å². The zero-order chi connectivity index (χ0) is 21.7. The van der Waals surface area contributed by atoms with Crippen molar-refractivity contribution in [3.05, 3.63) is 65.0 Å². The van der Waals surface area contributed by atoms with Crippen molar-refractivity contribution in [2.24, 2.45) is 5.92 Å². The Kier molecular flexibility index (Phi) is 6.72. The molecule has 0 spiro atoms.